The summed E-state index contributed by atoms with van der Waals surface area (Å²) in [4.78, 5) is 0. The van der Waals surface area contributed by atoms with Crippen LogP contribution in [0.15, 0.2) is 0 Å². The molecule has 1 atom stereocenters. The van der Waals surface area contributed by atoms with Crippen LogP contribution >= 0.6 is 0 Å². The van der Waals surface area contributed by atoms with Crippen molar-refractivity contribution in [3.63, 3.8) is 0 Å². The maximum absolute atomic E-state index is 9.19. The van der Waals surface area contributed by atoms with Crippen LogP contribution in [0.4, 0.5) is 0 Å². The Morgan fingerprint density at radius 3 is 1.62 bits per heavy atom. The third-order valence-electron chi connectivity index (χ3n) is 4.18. The lowest BCUT2D eigenvalue weighted by atomic mass is 9.95. The molecule has 0 aliphatic carbocycles. The maximum atomic E-state index is 9.19. The van der Waals surface area contributed by atoms with E-state index in [4.69, 9.17) is 5.26 Å². The number of hydrogen-bond acceptors (Lipinski definition) is 2. The van der Waals surface area contributed by atoms with Gasteiger partial charge in [-0.2, -0.15) is 10.5 Å². The highest BCUT2D eigenvalue weighted by Gasteiger charge is 2.06. The highest BCUT2D eigenvalue weighted by Crippen LogP contribution is 2.18. The molecule has 0 bridgehead atoms. The number of nitriles is 2. The summed E-state index contributed by atoms with van der Waals surface area (Å²) < 4.78 is 0. The van der Waals surface area contributed by atoms with Crippen LogP contribution in [0.1, 0.15) is 103 Å². The van der Waals surface area contributed by atoms with Crippen molar-refractivity contribution in [2.24, 2.45) is 5.92 Å². The fourth-order valence-corrected chi connectivity index (χ4v) is 2.75. The fourth-order valence-electron chi connectivity index (χ4n) is 2.75. The van der Waals surface area contributed by atoms with Crippen LogP contribution in [0.5, 0.6) is 0 Å². The molecule has 0 heterocycles. The van der Waals surface area contributed by atoms with Gasteiger partial charge < -0.3 is 0 Å². The van der Waals surface area contributed by atoms with Crippen molar-refractivity contribution < 1.29 is 0 Å². The summed E-state index contributed by atoms with van der Waals surface area (Å²) in [5.74, 6) is 0.278. The average Bonchev–Trinajstić information content (AvgIpc) is 2.51. The monoisotopic (exact) mass is 290 g/mol. The van der Waals surface area contributed by atoms with Crippen molar-refractivity contribution in [2.75, 3.05) is 0 Å². The molecule has 120 valence electrons. The van der Waals surface area contributed by atoms with E-state index >= 15 is 0 Å². The zero-order chi connectivity index (χ0) is 15.6. The summed E-state index contributed by atoms with van der Waals surface area (Å²) in [6.45, 7) is 2.25. The predicted molar refractivity (Wildman–Crippen MR) is 89.6 cm³/mol. The van der Waals surface area contributed by atoms with Crippen LogP contribution in [0.25, 0.3) is 0 Å². The SMILES string of the molecule is CCCCCCCCCC(C#N)CCCCCCCC#N. The van der Waals surface area contributed by atoms with E-state index in [1.165, 1.54) is 70.6 Å². The van der Waals surface area contributed by atoms with Crippen LogP contribution in [0, 0.1) is 28.6 Å². The molecule has 0 rings (SSSR count). The van der Waals surface area contributed by atoms with Crippen molar-refractivity contribution >= 4 is 0 Å². The maximum Gasteiger partial charge on any atom is 0.0655 e. The number of hydrogen-bond donors (Lipinski definition) is 0. The zero-order valence-electron chi connectivity index (χ0n) is 14.1. The molecule has 0 saturated heterocycles. The first kappa shape index (κ1) is 20.0. The van der Waals surface area contributed by atoms with Crippen molar-refractivity contribution in [3.8, 4) is 12.1 Å². The summed E-state index contributed by atoms with van der Waals surface area (Å²) in [6, 6.07) is 4.67. The molecule has 0 aromatic heterocycles. The van der Waals surface area contributed by atoms with Gasteiger partial charge in [-0.1, -0.05) is 77.6 Å². The van der Waals surface area contributed by atoms with Gasteiger partial charge in [0.25, 0.3) is 0 Å². The van der Waals surface area contributed by atoms with Crippen molar-refractivity contribution in [1.29, 1.82) is 10.5 Å². The van der Waals surface area contributed by atoms with Crippen LogP contribution in [0.2, 0.25) is 0 Å². The largest absolute Gasteiger partial charge is 0.198 e. The molecule has 0 N–H and O–H groups in total. The first-order valence-corrected chi connectivity index (χ1v) is 9.11. The Labute approximate surface area is 132 Å². The van der Waals surface area contributed by atoms with Gasteiger partial charge in [-0.05, 0) is 19.3 Å². The van der Waals surface area contributed by atoms with Gasteiger partial charge in [0.15, 0.2) is 0 Å². The van der Waals surface area contributed by atoms with E-state index in [2.05, 4.69) is 19.1 Å². The van der Waals surface area contributed by atoms with E-state index in [0.29, 0.717) is 6.42 Å². The Balaban J connectivity index is 3.34. The normalized spacial score (nSPS) is 11.8. The Morgan fingerprint density at radius 2 is 1.14 bits per heavy atom. The van der Waals surface area contributed by atoms with E-state index in [1.54, 1.807) is 0 Å². The van der Waals surface area contributed by atoms with Crippen molar-refractivity contribution in [2.45, 2.75) is 103 Å². The van der Waals surface area contributed by atoms with E-state index in [0.717, 1.165) is 19.3 Å². The number of rotatable bonds is 15. The number of unbranched alkanes of at least 4 members (excludes halogenated alkanes) is 11. The van der Waals surface area contributed by atoms with Gasteiger partial charge in [-0.25, -0.2) is 0 Å². The molecule has 21 heavy (non-hydrogen) atoms. The molecule has 0 aromatic rings. The highest BCUT2D eigenvalue weighted by atomic mass is 14.3. The molecule has 0 radical (unpaired) electrons. The summed E-state index contributed by atoms with van der Waals surface area (Å²) in [6.07, 6.45) is 18.0. The third-order valence-corrected chi connectivity index (χ3v) is 4.18. The summed E-state index contributed by atoms with van der Waals surface area (Å²) in [5.41, 5.74) is 0. The second kappa shape index (κ2) is 17.0. The van der Waals surface area contributed by atoms with Crippen LogP contribution in [0.3, 0.4) is 0 Å². The van der Waals surface area contributed by atoms with Crippen LogP contribution in [-0.2, 0) is 0 Å². The second-order valence-electron chi connectivity index (χ2n) is 6.20. The molecule has 0 aliphatic rings. The van der Waals surface area contributed by atoms with Gasteiger partial charge in [-0.15, -0.1) is 0 Å². The third kappa shape index (κ3) is 15.2. The smallest absolute Gasteiger partial charge is 0.0655 e. The van der Waals surface area contributed by atoms with Gasteiger partial charge in [0, 0.05) is 12.3 Å². The molecule has 2 nitrogen and oxygen atoms in total. The van der Waals surface area contributed by atoms with Crippen molar-refractivity contribution in [1.82, 2.24) is 0 Å². The summed E-state index contributed by atoms with van der Waals surface area (Å²) in [7, 11) is 0. The minimum Gasteiger partial charge on any atom is -0.198 e. The van der Waals surface area contributed by atoms with Gasteiger partial charge in [-0.3, -0.25) is 0 Å². The predicted octanol–water partition coefficient (Wildman–Crippen LogP) is 6.52. The summed E-state index contributed by atoms with van der Waals surface area (Å²) >= 11 is 0. The number of nitrogens with zero attached hydrogens (tertiary/aromatic N) is 2. The summed E-state index contributed by atoms with van der Waals surface area (Å²) in [5, 5.41) is 17.6. The van der Waals surface area contributed by atoms with E-state index < -0.39 is 0 Å². The Kier molecular flexibility index (Phi) is 16.2. The lowest BCUT2D eigenvalue weighted by Gasteiger charge is -2.08. The molecule has 0 aliphatic heterocycles. The Bertz CT molecular complexity index is 285. The molecular formula is C19H34N2. The minimum atomic E-state index is 0.278. The topological polar surface area (TPSA) is 47.6 Å². The van der Waals surface area contributed by atoms with Crippen LogP contribution in [-0.4, -0.2) is 0 Å². The molecule has 0 saturated carbocycles. The van der Waals surface area contributed by atoms with Crippen LogP contribution < -0.4 is 0 Å². The zero-order valence-corrected chi connectivity index (χ0v) is 14.1. The van der Waals surface area contributed by atoms with Crippen molar-refractivity contribution in [3.05, 3.63) is 0 Å². The molecule has 0 spiro atoms. The Morgan fingerprint density at radius 1 is 0.667 bits per heavy atom. The van der Waals surface area contributed by atoms with Gasteiger partial charge in [0.05, 0.1) is 12.1 Å². The molecule has 2 heteroatoms. The molecule has 0 amide bonds. The second-order valence-corrected chi connectivity index (χ2v) is 6.20. The van der Waals surface area contributed by atoms with E-state index in [9.17, 15) is 5.26 Å². The van der Waals surface area contributed by atoms with Gasteiger partial charge >= 0.3 is 0 Å². The van der Waals surface area contributed by atoms with Gasteiger partial charge in [0.2, 0.25) is 0 Å². The standard InChI is InChI=1S/C19H34N2/c1-2-3-4-5-6-9-12-15-19(18-21)16-13-10-7-8-11-14-17-20/h19H,2-16H2,1H3. The first-order valence-electron chi connectivity index (χ1n) is 9.11. The lowest BCUT2D eigenvalue weighted by molar-refractivity contribution is 0.472. The first-order chi connectivity index (χ1) is 10.3. The van der Waals surface area contributed by atoms with E-state index in [-0.39, 0.29) is 5.92 Å². The van der Waals surface area contributed by atoms with E-state index in [1.807, 2.05) is 0 Å². The lowest BCUT2D eigenvalue weighted by Crippen LogP contribution is -1.97. The minimum absolute atomic E-state index is 0.278. The molecule has 0 fully saturated rings. The highest BCUT2D eigenvalue weighted by molar-refractivity contribution is 4.82. The molecular weight excluding hydrogens is 256 g/mol. The molecule has 1 unspecified atom stereocenters. The van der Waals surface area contributed by atoms with Gasteiger partial charge in [0.1, 0.15) is 0 Å². The quantitative estimate of drug-likeness (QED) is 0.322. The fraction of sp³-hybridized carbons (Fsp3) is 0.895. The molecule has 0 aromatic carbocycles. The average molecular weight is 290 g/mol. The Hall–Kier alpha value is -1.02.